The van der Waals surface area contributed by atoms with E-state index in [0.717, 1.165) is 50.5 Å². The SMILES string of the molecule is CCCCOCCCNC(=NC)NCc1ccc(S(C)(=O)=O)cc1. The van der Waals surface area contributed by atoms with Crippen LogP contribution < -0.4 is 10.6 Å². The molecular weight excluding hydrogens is 326 g/mol. The zero-order valence-electron chi connectivity index (χ0n) is 14.8. The molecule has 1 aromatic rings. The Morgan fingerprint density at radius 2 is 1.79 bits per heavy atom. The van der Waals surface area contributed by atoms with Gasteiger partial charge < -0.3 is 15.4 Å². The van der Waals surface area contributed by atoms with E-state index in [4.69, 9.17) is 4.74 Å². The lowest BCUT2D eigenvalue weighted by Gasteiger charge is -2.12. The summed E-state index contributed by atoms with van der Waals surface area (Å²) < 4.78 is 28.4. The van der Waals surface area contributed by atoms with Crippen molar-refractivity contribution in [3.63, 3.8) is 0 Å². The first-order valence-corrected chi connectivity index (χ1v) is 10.2. The topological polar surface area (TPSA) is 79.8 Å². The minimum atomic E-state index is -3.15. The summed E-state index contributed by atoms with van der Waals surface area (Å²) in [5.41, 5.74) is 0.994. The quantitative estimate of drug-likeness (QED) is 0.381. The van der Waals surface area contributed by atoms with Crippen molar-refractivity contribution >= 4 is 15.8 Å². The zero-order valence-corrected chi connectivity index (χ0v) is 15.7. The first-order valence-electron chi connectivity index (χ1n) is 8.28. The molecule has 6 nitrogen and oxygen atoms in total. The van der Waals surface area contributed by atoms with E-state index in [9.17, 15) is 8.42 Å². The summed E-state index contributed by atoms with van der Waals surface area (Å²) in [7, 11) is -1.43. The average molecular weight is 356 g/mol. The maximum absolute atomic E-state index is 11.4. The second-order valence-electron chi connectivity index (χ2n) is 5.59. The van der Waals surface area contributed by atoms with Crippen LogP contribution in [0.1, 0.15) is 31.7 Å². The van der Waals surface area contributed by atoms with Crippen molar-refractivity contribution in [2.45, 2.75) is 37.6 Å². The van der Waals surface area contributed by atoms with Crippen molar-refractivity contribution in [3.05, 3.63) is 29.8 Å². The number of nitrogens with zero attached hydrogens (tertiary/aromatic N) is 1. The highest BCUT2D eigenvalue weighted by Crippen LogP contribution is 2.10. The Morgan fingerprint density at radius 3 is 2.38 bits per heavy atom. The smallest absolute Gasteiger partial charge is 0.191 e. The number of nitrogens with one attached hydrogen (secondary N) is 2. The molecule has 0 bridgehead atoms. The van der Waals surface area contributed by atoms with Gasteiger partial charge in [-0.3, -0.25) is 4.99 Å². The second kappa shape index (κ2) is 11.0. The summed E-state index contributed by atoms with van der Waals surface area (Å²) >= 11 is 0. The van der Waals surface area contributed by atoms with Gasteiger partial charge in [0.1, 0.15) is 0 Å². The van der Waals surface area contributed by atoms with Crippen LogP contribution in [-0.2, 0) is 21.1 Å². The van der Waals surface area contributed by atoms with Crippen LogP contribution in [0.3, 0.4) is 0 Å². The molecule has 0 radical (unpaired) electrons. The van der Waals surface area contributed by atoms with Crippen molar-refractivity contribution < 1.29 is 13.2 Å². The van der Waals surface area contributed by atoms with Crippen molar-refractivity contribution in [2.75, 3.05) is 33.1 Å². The van der Waals surface area contributed by atoms with E-state index < -0.39 is 9.84 Å². The number of rotatable bonds is 10. The Labute approximate surface area is 145 Å². The largest absolute Gasteiger partial charge is 0.381 e. The van der Waals surface area contributed by atoms with Crippen LogP contribution in [0, 0.1) is 0 Å². The summed E-state index contributed by atoms with van der Waals surface area (Å²) in [6.45, 7) is 5.09. The Morgan fingerprint density at radius 1 is 1.12 bits per heavy atom. The van der Waals surface area contributed by atoms with Crippen LogP contribution in [0.5, 0.6) is 0 Å². The average Bonchev–Trinajstić information content (AvgIpc) is 2.56. The van der Waals surface area contributed by atoms with Crippen LogP contribution in [-0.4, -0.2) is 47.4 Å². The highest BCUT2D eigenvalue weighted by atomic mass is 32.2. The highest BCUT2D eigenvalue weighted by Gasteiger charge is 2.06. The molecule has 7 heteroatoms. The molecule has 0 atom stereocenters. The number of guanidine groups is 1. The first kappa shape index (κ1) is 20.4. The molecule has 0 saturated heterocycles. The third kappa shape index (κ3) is 8.31. The van der Waals surface area contributed by atoms with Crippen LogP contribution in [0.4, 0.5) is 0 Å². The molecule has 0 heterocycles. The van der Waals surface area contributed by atoms with Crippen LogP contribution in [0.15, 0.2) is 34.2 Å². The molecule has 0 spiro atoms. The van der Waals surface area contributed by atoms with E-state index in [1.54, 1.807) is 31.3 Å². The summed E-state index contributed by atoms with van der Waals surface area (Å²) in [6.07, 6.45) is 4.39. The molecule has 136 valence electrons. The van der Waals surface area contributed by atoms with Gasteiger partial charge in [-0.1, -0.05) is 25.5 Å². The van der Waals surface area contributed by atoms with Gasteiger partial charge >= 0.3 is 0 Å². The minimum absolute atomic E-state index is 0.330. The molecule has 0 aliphatic carbocycles. The zero-order chi connectivity index (χ0) is 17.8. The van der Waals surface area contributed by atoms with Gasteiger partial charge in [0.15, 0.2) is 15.8 Å². The van der Waals surface area contributed by atoms with Gasteiger partial charge in [-0.15, -0.1) is 0 Å². The fourth-order valence-electron chi connectivity index (χ4n) is 1.99. The van der Waals surface area contributed by atoms with E-state index in [1.165, 1.54) is 6.26 Å². The van der Waals surface area contributed by atoms with Crippen molar-refractivity contribution in [3.8, 4) is 0 Å². The maximum atomic E-state index is 11.4. The Balaban J connectivity index is 2.29. The number of aliphatic imine (C=N–C) groups is 1. The molecule has 0 fully saturated rings. The molecule has 2 N–H and O–H groups in total. The molecule has 0 amide bonds. The van der Waals surface area contributed by atoms with E-state index in [1.807, 2.05) is 0 Å². The number of ether oxygens (including phenoxy) is 1. The molecule has 0 aliphatic rings. The summed E-state index contributed by atoms with van der Waals surface area (Å²) in [6, 6.07) is 6.85. The lowest BCUT2D eigenvalue weighted by Crippen LogP contribution is -2.37. The summed E-state index contributed by atoms with van der Waals surface area (Å²) in [5, 5.41) is 6.43. The third-order valence-electron chi connectivity index (χ3n) is 3.44. The van der Waals surface area contributed by atoms with E-state index in [-0.39, 0.29) is 0 Å². The maximum Gasteiger partial charge on any atom is 0.191 e. The van der Waals surface area contributed by atoms with Crippen LogP contribution >= 0.6 is 0 Å². The predicted octanol–water partition coefficient (Wildman–Crippen LogP) is 1.96. The fourth-order valence-corrected chi connectivity index (χ4v) is 2.62. The first-order chi connectivity index (χ1) is 11.5. The standard InChI is InChI=1S/C17H29N3O3S/c1-4-5-12-23-13-6-11-19-17(18-2)20-14-15-7-9-16(10-8-15)24(3,21)22/h7-10H,4-6,11-14H2,1-3H3,(H2,18,19,20). The molecule has 0 saturated carbocycles. The molecule has 0 aromatic heterocycles. The van der Waals surface area contributed by atoms with E-state index in [2.05, 4.69) is 22.5 Å². The number of hydrogen-bond donors (Lipinski definition) is 2. The Kier molecular flexibility index (Phi) is 9.41. The highest BCUT2D eigenvalue weighted by molar-refractivity contribution is 7.90. The van der Waals surface area contributed by atoms with E-state index in [0.29, 0.717) is 11.4 Å². The number of unbranched alkanes of at least 4 members (excludes halogenated alkanes) is 1. The number of sulfone groups is 1. The Hall–Kier alpha value is -1.60. The van der Waals surface area contributed by atoms with Crippen molar-refractivity contribution in [2.24, 2.45) is 4.99 Å². The van der Waals surface area contributed by atoms with Gasteiger partial charge in [0.25, 0.3) is 0 Å². The lowest BCUT2D eigenvalue weighted by molar-refractivity contribution is 0.129. The fraction of sp³-hybridized carbons (Fsp3) is 0.588. The minimum Gasteiger partial charge on any atom is -0.381 e. The van der Waals surface area contributed by atoms with Crippen molar-refractivity contribution in [1.29, 1.82) is 0 Å². The summed E-state index contributed by atoms with van der Waals surface area (Å²) in [4.78, 5) is 4.50. The van der Waals surface area contributed by atoms with Crippen LogP contribution in [0.25, 0.3) is 0 Å². The van der Waals surface area contributed by atoms with Crippen LogP contribution in [0.2, 0.25) is 0 Å². The van der Waals surface area contributed by atoms with Gasteiger partial charge in [0.05, 0.1) is 4.90 Å². The monoisotopic (exact) mass is 355 g/mol. The van der Waals surface area contributed by atoms with Gasteiger partial charge in [0.2, 0.25) is 0 Å². The molecular formula is C17H29N3O3S. The van der Waals surface area contributed by atoms with Gasteiger partial charge in [0, 0.05) is 39.6 Å². The molecule has 0 aliphatic heterocycles. The Bertz CT molecular complexity index is 598. The lowest BCUT2D eigenvalue weighted by atomic mass is 10.2. The molecule has 1 rings (SSSR count). The van der Waals surface area contributed by atoms with Gasteiger partial charge in [-0.2, -0.15) is 0 Å². The molecule has 0 unspecified atom stereocenters. The predicted molar refractivity (Wildman–Crippen MR) is 98.1 cm³/mol. The molecule has 24 heavy (non-hydrogen) atoms. The van der Waals surface area contributed by atoms with E-state index >= 15 is 0 Å². The number of benzene rings is 1. The van der Waals surface area contributed by atoms with Crippen molar-refractivity contribution in [1.82, 2.24) is 10.6 Å². The molecule has 1 aromatic carbocycles. The number of hydrogen-bond acceptors (Lipinski definition) is 4. The second-order valence-corrected chi connectivity index (χ2v) is 7.60. The normalized spacial score (nSPS) is 12.2. The third-order valence-corrected chi connectivity index (χ3v) is 4.56. The van der Waals surface area contributed by atoms with Gasteiger partial charge in [-0.25, -0.2) is 8.42 Å². The van der Waals surface area contributed by atoms with Gasteiger partial charge in [-0.05, 0) is 30.5 Å². The summed E-state index contributed by atoms with van der Waals surface area (Å²) in [5.74, 6) is 0.718.